The van der Waals surface area contributed by atoms with Gasteiger partial charge >= 0.3 is 11.8 Å². The number of likely N-dealkylation sites (tertiary alicyclic amines) is 1. The second-order valence-electron chi connectivity index (χ2n) is 6.41. The Labute approximate surface area is 151 Å². The van der Waals surface area contributed by atoms with Crippen molar-refractivity contribution in [2.75, 3.05) is 23.3 Å². The lowest BCUT2D eigenvalue weighted by Gasteiger charge is -2.35. The Morgan fingerprint density at radius 1 is 1.19 bits per heavy atom. The summed E-state index contributed by atoms with van der Waals surface area (Å²) < 4.78 is 0. The van der Waals surface area contributed by atoms with E-state index >= 15 is 0 Å². The molecule has 0 spiro atoms. The van der Waals surface area contributed by atoms with Crippen molar-refractivity contribution in [2.45, 2.75) is 32.2 Å². The number of aromatic nitrogens is 2. The molecule has 0 radical (unpaired) electrons. The molecule has 2 aromatic heterocycles. The van der Waals surface area contributed by atoms with Crippen LogP contribution in [0.1, 0.15) is 36.4 Å². The summed E-state index contributed by atoms with van der Waals surface area (Å²) in [5, 5.41) is 2.60. The van der Waals surface area contributed by atoms with Crippen LogP contribution in [-0.2, 0) is 9.59 Å². The maximum atomic E-state index is 12.7. The third-order valence-electron chi connectivity index (χ3n) is 4.53. The summed E-state index contributed by atoms with van der Waals surface area (Å²) in [5.41, 5.74) is 13.4. The third-order valence-corrected chi connectivity index (χ3v) is 4.53. The van der Waals surface area contributed by atoms with Gasteiger partial charge in [0.05, 0.1) is 17.9 Å². The molecule has 3 heterocycles. The fraction of sp³-hybridized carbons (Fsp3) is 0.333. The molecule has 2 amide bonds. The fourth-order valence-electron chi connectivity index (χ4n) is 3.10. The average molecular weight is 354 g/mol. The van der Waals surface area contributed by atoms with Crippen molar-refractivity contribution < 1.29 is 9.59 Å². The van der Waals surface area contributed by atoms with E-state index in [0.717, 1.165) is 30.4 Å². The number of rotatable bonds is 2. The van der Waals surface area contributed by atoms with Crippen LogP contribution < -0.4 is 16.8 Å². The zero-order valence-corrected chi connectivity index (χ0v) is 14.6. The van der Waals surface area contributed by atoms with Gasteiger partial charge in [-0.3, -0.25) is 9.59 Å². The van der Waals surface area contributed by atoms with E-state index in [4.69, 9.17) is 11.5 Å². The summed E-state index contributed by atoms with van der Waals surface area (Å²) in [4.78, 5) is 34.9. The van der Waals surface area contributed by atoms with E-state index in [9.17, 15) is 9.59 Å². The second kappa shape index (κ2) is 7.38. The SMILES string of the molecule is Cc1cc(NC(=O)C(=O)N2CCCC[C@H]2c2ccc(N)nc2)cnc1N. The Kier molecular flexibility index (Phi) is 5.01. The van der Waals surface area contributed by atoms with E-state index < -0.39 is 11.8 Å². The third kappa shape index (κ3) is 3.74. The molecule has 2 aromatic rings. The van der Waals surface area contributed by atoms with Gasteiger partial charge in [0, 0.05) is 12.7 Å². The van der Waals surface area contributed by atoms with Crippen LogP contribution in [0, 0.1) is 6.92 Å². The first-order valence-electron chi connectivity index (χ1n) is 8.51. The Morgan fingerprint density at radius 3 is 2.69 bits per heavy atom. The number of hydrogen-bond acceptors (Lipinski definition) is 6. The molecule has 8 nitrogen and oxygen atoms in total. The molecule has 0 aromatic carbocycles. The molecule has 3 rings (SSSR count). The number of pyridine rings is 2. The van der Waals surface area contributed by atoms with Crippen molar-refractivity contribution in [3.05, 3.63) is 41.7 Å². The molecular weight excluding hydrogens is 332 g/mol. The lowest BCUT2D eigenvalue weighted by molar-refractivity contribution is -0.145. The molecular formula is C18H22N6O2. The highest BCUT2D eigenvalue weighted by Gasteiger charge is 2.32. The average Bonchev–Trinajstić information content (AvgIpc) is 2.65. The van der Waals surface area contributed by atoms with Gasteiger partial charge in [0.1, 0.15) is 11.6 Å². The van der Waals surface area contributed by atoms with Crippen molar-refractivity contribution in [3.63, 3.8) is 0 Å². The van der Waals surface area contributed by atoms with Crippen LogP contribution in [0.15, 0.2) is 30.6 Å². The Balaban J connectivity index is 1.76. The van der Waals surface area contributed by atoms with E-state index in [-0.39, 0.29) is 6.04 Å². The minimum atomic E-state index is -0.689. The minimum absolute atomic E-state index is 0.179. The quantitative estimate of drug-likeness (QED) is 0.704. The van der Waals surface area contributed by atoms with Gasteiger partial charge in [0.2, 0.25) is 0 Å². The number of nitrogens with zero attached hydrogens (tertiary/aromatic N) is 3. The first-order chi connectivity index (χ1) is 12.5. The Bertz CT molecular complexity index is 821. The predicted molar refractivity (Wildman–Crippen MR) is 99.0 cm³/mol. The number of carbonyl (C=O) groups excluding carboxylic acids is 2. The number of nitrogen functional groups attached to an aromatic ring is 2. The highest BCUT2D eigenvalue weighted by molar-refractivity contribution is 6.39. The summed E-state index contributed by atoms with van der Waals surface area (Å²) in [6.07, 6.45) is 5.73. The molecule has 0 saturated carbocycles. The number of aryl methyl sites for hydroxylation is 1. The highest BCUT2D eigenvalue weighted by atomic mass is 16.2. The van der Waals surface area contributed by atoms with Crippen LogP contribution in [0.2, 0.25) is 0 Å². The molecule has 5 N–H and O–H groups in total. The van der Waals surface area contributed by atoms with Crippen molar-refractivity contribution in [3.8, 4) is 0 Å². The maximum absolute atomic E-state index is 12.7. The molecule has 1 aliphatic heterocycles. The summed E-state index contributed by atoms with van der Waals surface area (Å²) in [7, 11) is 0. The van der Waals surface area contributed by atoms with Gasteiger partial charge in [-0.05, 0) is 49.4 Å². The largest absolute Gasteiger partial charge is 0.384 e. The van der Waals surface area contributed by atoms with Crippen LogP contribution in [-0.4, -0.2) is 33.2 Å². The number of carbonyl (C=O) groups is 2. The Hall–Kier alpha value is -3.16. The summed E-state index contributed by atoms with van der Waals surface area (Å²) in [6, 6.07) is 5.06. The molecule has 1 saturated heterocycles. The molecule has 0 aliphatic carbocycles. The molecule has 136 valence electrons. The lowest BCUT2D eigenvalue weighted by atomic mass is 9.96. The first-order valence-corrected chi connectivity index (χ1v) is 8.51. The normalized spacial score (nSPS) is 17.0. The number of anilines is 3. The van der Waals surface area contributed by atoms with Crippen LogP contribution in [0.25, 0.3) is 0 Å². The summed E-state index contributed by atoms with van der Waals surface area (Å²) in [6.45, 7) is 2.31. The van der Waals surface area contributed by atoms with Crippen LogP contribution in [0.5, 0.6) is 0 Å². The van der Waals surface area contributed by atoms with Crippen LogP contribution in [0.3, 0.4) is 0 Å². The molecule has 0 unspecified atom stereocenters. The molecule has 8 heteroatoms. The minimum Gasteiger partial charge on any atom is -0.384 e. The van der Waals surface area contributed by atoms with Gasteiger partial charge in [-0.25, -0.2) is 9.97 Å². The van der Waals surface area contributed by atoms with Crippen molar-refractivity contribution in [1.82, 2.24) is 14.9 Å². The van der Waals surface area contributed by atoms with E-state index in [1.54, 1.807) is 30.2 Å². The predicted octanol–water partition coefficient (Wildman–Crippen LogP) is 1.64. The van der Waals surface area contributed by atoms with Crippen molar-refractivity contribution in [1.29, 1.82) is 0 Å². The molecule has 0 bridgehead atoms. The van der Waals surface area contributed by atoms with Gasteiger partial charge in [0.15, 0.2) is 0 Å². The van der Waals surface area contributed by atoms with E-state index in [2.05, 4.69) is 15.3 Å². The zero-order chi connectivity index (χ0) is 18.7. The monoisotopic (exact) mass is 354 g/mol. The standard InChI is InChI=1S/C18H22N6O2/c1-11-8-13(10-22-16(11)20)23-17(25)18(26)24-7-3-2-4-14(24)12-5-6-15(19)21-9-12/h5-6,8-10,14H,2-4,7H2,1H3,(H2,19,21)(H2,20,22)(H,23,25)/t14-/m0/s1. The number of hydrogen-bond donors (Lipinski definition) is 3. The van der Waals surface area contributed by atoms with E-state index in [1.807, 2.05) is 6.07 Å². The lowest BCUT2D eigenvalue weighted by Crippen LogP contribution is -2.44. The van der Waals surface area contributed by atoms with E-state index in [0.29, 0.717) is 23.9 Å². The Morgan fingerprint density at radius 2 is 2.00 bits per heavy atom. The van der Waals surface area contributed by atoms with Gasteiger partial charge in [-0.1, -0.05) is 6.07 Å². The fourth-order valence-corrected chi connectivity index (χ4v) is 3.10. The number of piperidine rings is 1. The summed E-state index contributed by atoms with van der Waals surface area (Å²) in [5.74, 6) is -0.444. The molecule has 26 heavy (non-hydrogen) atoms. The van der Waals surface area contributed by atoms with Crippen LogP contribution in [0.4, 0.5) is 17.3 Å². The van der Waals surface area contributed by atoms with Crippen molar-refractivity contribution in [2.24, 2.45) is 0 Å². The maximum Gasteiger partial charge on any atom is 0.313 e. The number of nitrogens with two attached hydrogens (primary N) is 2. The van der Waals surface area contributed by atoms with Crippen molar-refractivity contribution >= 4 is 29.1 Å². The zero-order valence-electron chi connectivity index (χ0n) is 14.6. The van der Waals surface area contributed by atoms with Gasteiger partial charge < -0.3 is 21.7 Å². The van der Waals surface area contributed by atoms with E-state index in [1.165, 1.54) is 6.20 Å². The van der Waals surface area contributed by atoms with Gasteiger partial charge in [-0.15, -0.1) is 0 Å². The molecule has 1 fully saturated rings. The first kappa shape index (κ1) is 17.7. The topological polar surface area (TPSA) is 127 Å². The number of nitrogens with one attached hydrogen (secondary N) is 1. The smallest absolute Gasteiger partial charge is 0.313 e. The number of amides is 2. The second-order valence-corrected chi connectivity index (χ2v) is 6.41. The van der Waals surface area contributed by atoms with Crippen LogP contribution >= 0.6 is 0 Å². The molecule has 1 aliphatic rings. The highest BCUT2D eigenvalue weighted by Crippen LogP contribution is 2.31. The molecule has 1 atom stereocenters. The van der Waals surface area contributed by atoms with Gasteiger partial charge in [0.25, 0.3) is 0 Å². The van der Waals surface area contributed by atoms with Gasteiger partial charge in [-0.2, -0.15) is 0 Å². The summed E-state index contributed by atoms with van der Waals surface area (Å²) >= 11 is 0.